The molecular weight excluding hydrogens is 474 g/mol. The second kappa shape index (κ2) is 11.6. The molecular formula is C28H35N3O6. The first kappa shape index (κ1) is 26.5. The van der Waals surface area contributed by atoms with Crippen LogP contribution in [-0.4, -0.2) is 74.1 Å². The van der Waals surface area contributed by atoms with Crippen LogP contribution in [0.15, 0.2) is 42.5 Å². The zero-order valence-electron chi connectivity index (χ0n) is 21.9. The Balaban J connectivity index is 1.76. The third kappa shape index (κ3) is 5.56. The number of nitrogens with one attached hydrogen (secondary N) is 1. The lowest BCUT2D eigenvalue weighted by Gasteiger charge is -2.37. The topological polar surface area (TPSA) is 97.4 Å². The van der Waals surface area contributed by atoms with Crippen molar-refractivity contribution in [1.82, 2.24) is 15.1 Å². The number of nitrogens with zero attached hydrogens (tertiary/aromatic N) is 2. The first-order valence-corrected chi connectivity index (χ1v) is 12.6. The molecule has 0 saturated carbocycles. The molecule has 9 heteroatoms. The highest BCUT2D eigenvalue weighted by Crippen LogP contribution is 2.44. The molecule has 3 amide bonds. The second-order valence-electron chi connectivity index (χ2n) is 9.69. The number of rotatable bonds is 9. The highest BCUT2D eigenvalue weighted by molar-refractivity contribution is 6.08. The minimum atomic E-state index is -1.03. The van der Waals surface area contributed by atoms with Crippen molar-refractivity contribution in [3.63, 3.8) is 0 Å². The fourth-order valence-electron chi connectivity index (χ4n) is 4.98. The molecule has 1 fully saturated rings. The number of fused-ring (bicyclic) bond motifs is 1. The zero-order valence-corrected chi connectivity index (χ0v) is 21.9. The Bertz CT molecular complexity index is 1130. The maximum Gasteiger partial charge on any atom is 0.256 e. The zero-order chi connectivity index (χ0) is 26.5. The summed E-state index contributed by atoms with van der Waals surface area (Å²) in [6, 6.07) is 11.0. The van der Waals surface area contributed by atoms with Crippen LogP contribution in [-0.2, 0) is 20.9 Å². The summed E-state index contributed by atoms with van der Waals surface area (Å²) in [6.45, 7) is 6.08. The number of carbonyl (C=O) groups excluding carboxylic acids is 3. The molecule has 2 unspecified atom stereocenters. The van der Waals surface area contributed by atoms with Crippen LogP contribution >= 0.6 is 0 Å². The molecule has 0 aromatic heterocycles. The molecule has 2 aromatic carbocycles. The van der Waals surface area contributed by atoms with Gasteiger partial charge in [0.05, 0.1) is 33.0 Å². The van der Waals surface area contributed by atoms with Gasteiger partial charge in [-0.15, -0.1) is 0 Å². The molecule has 4 rings (SSSR count). The summed E-state index contributed by atoms with van der Waals surface area (Å²) < 4.78 is 16.4. The molecule has 0 spiro atoms. The van der Waals surface area contributed by atoms with Gasteiger partial charge in [-0.05, 0) is 24.0 Å². The van der Waals surface area contributed by atoms with Gasteiger partial charge in [0, 0.05) is 31.3 Å². The number of benzene rings is 2. The van der Waals surface area contributed by atoms with Gasteiger partial charge in [-0.2, -0.15) is 0 Å². The lowest BCUT2D eigenvalue weighted by Crippen LogP contribution is -2.55. The summed E-state index contributed by atoms with van der Waals surface area (Å²) in [4.78, 5) is 44.8. The van der Waals surface area contributed by atoms with Crippen molar-refractivity contribution in [2.75, 3.05) is 40.5 Å². The fraction of sp³-hybridized carbons (Fsp3) is 0.464. The molecule has 1 N–H and O–H groups in total. The fourth-order valence-corrected chi connectivity index (χ4v) is 4.98. The van der Waals surface area contributed by atoms with Crippen molar-refractivity contribution in [2.45, 2.75) is 38.9 Å². The number of morpholine rings is 1. The van der Waals surface area contributed by atoms with E-state index in [4.69, 9.17) is 14.2 Å². The molecule has 1 saturated heterocycles. The molecule has 2 atom stereocenters. The first-order chi connectivity index (χ1) is 17.8. The number of methoxy groups -OCH3 is 2. The van der Waals surface area contributed by atoms with Crippen molar-refractivity contribution in [3.05, 3.63) is 59.2 Å². The van der Waals surface area contributed by atoms with E-state index in [-0.39, 0.29) is 30.2 Å². The van der Waals surface area contributed by atoms with Crippen molar-refractivity contribution in [1.29, 1.82) is 0 Å². The smallest absolute Gasteiger partial charge is 0.256 e. The Morgan fingerprint density at radius 1 is 1.08 bits per heavy atom. The van der Waals surface area contributed by atoms with Gasteiger partial charge < -0.3 is 29.3 Å². The van der Waals surface area contributed by atoms with Gasteiger partial charge in [-0.3, -0.25) is 14.4 Å². The number of amides is 3. The summed E-state index contributed by atoms with van der Waals surface area (Å²) >= 11 is 0. The second-order valence-corrected chi connectivity index (χ2v) is 9.69. The quantitative estimate of drug-likeness (QED) is 0.558. The standard InChI is InChI=1S/C28H35N3O6/c1-18(2)14-22(28(34)30-10-12-37-13-11-30)31-25(26(32)29-17-19-8-6-5-7-9-19)24-21(27(31)33)15-20(35-3)16-23(24)36-4/h5-9,15-16,18,22,25H,10-14,17H2,1-4H3,(H,29,32). The summed E-state index contributed by atoms with van der Waals surface area (Å²) in [6.07, 6.45) is 0.415. The van der Waals surface area contributed by atoms with Crippen LogP contribution in [0.25, 0.3) is 0 Å². The molecule has 2 aliphatic heterocycles. The van der Waals surface area contributed by atoms with E-state index in [9.17, 15) is 14.4 Å². The van der Waals surface area contributed by atoms with Gasteiger partial charge in [0.15, 0.2) is 0 Å². The Morgan fingerprint density at radius 3 is 2.41 bits per heavy atom. The number of carbonyl (C=O) groups is 3. The Kier molecular flexibility index (Phi) is 8.33. The minimum absolute atomic E-state index is 0.107. The lowest BCUT2D eigenvalue weighted by atomic mass is 9.98. The van der Waals surface area contributed by atoms with Crippen LogP contribution in [0, 0.1) is 5.92 Å². The van der Waals surface area contributed by atoms with Crippen molar-refractivity contribution < 1.29 is 28.6 Å². The van der Waals surface area contributed by atoms with Gasteiger partial charge in [0.25, 0.3) is 5.91 Å². The molecule has 0 radical (unpaired) electrons. The van der Waals surface area contributed by atoms with E-state index in [0.29, 0.717) is 55.4 Å². The number of hydrogen-bond acceptors (Lipinski definition) is 6. The SMILES string of the molecule is COc1cc(OC)c2c(c1)C(=O)N(C(CC(C)C)C(=O)N1CCOCC1)C2C(=O)NCc1ccccc1. The van der Waals surface area contributed by atoms with Gasteiger partial charge in [-0.25, -0.2) is 0 Å². The van der Waals surface area contributed by atoms with E-state index >= 15 is 0 Å². The summed E-state index contributed by atoms with van der Waals surface area (Å²) in [5.41, 5.74) is 1.68. The maximum absolute atomic E-state index is 14.0. The Morgan fingerprint density at radius 2 is 1.78 bits per heavy atom. The average Bonchev–Trinajstić information content (AvgIpc) is 3.22. The van der Waals surface area contributed by atoms with Crippen molar-refractivity contribution in [3.8, 4) is 11.5 Å². The van der Waals surface area contributed by atoms with E-state index < -0.39 is 12.1 Å². The van der Waals surface area contributed by atoms with Gasteiger partial charge >= 0.3 is 0 Å². The largest absolute Gasteiger partial charge is 0.497 e. The van der Waals surface area contributed by atoms with Crippen LogP contribution < -0.4 is 14.8 Å². The summed E-state index contributed by atoms with van der Waals surface area (Å²) in [7, 11) is 3.00. The maximum atomic E-state index is 14.0. The Labute approximate surface area is 217 Å². The number of ether oxygens (including phenoxy) is 3. The van der Waals surface area contributed by atoms with E-state index in [2.05, 4.69) is 5.32 Å². The van der Waals surface area contributed by atoms with E-state index in [0.717, 1.165) is 5.56 Å². The molecule has 198 valence electrons. The monoisotopic (exact) mass is 509 g/mol. The highest BCUT2D eigenvalue weighted by atomic mass is 16.5. The summed E-state index contributed by atoms with van der Waals surface area (Å²) in [5, 5.41) is 2.97. The van der Waals surface area contributed by atoms with Crippen LogP contribution in [0.2, 0.25) is 0 Å². The van der Waals surface area contributed by atoms with E-state index in [1.54, 1.807) is 17.0 Å². The van der Waals surface area contributed by atoms with Gasteiger partial charge in [0.1, 0.15) is 23.6 Å². The Hall–Kier alpha value is -3.59. The van der Waals surface area contributed by atoms with Gasteiger partial charge in [0.2, 0.25) is 11.8 Å². The molecule has 37 heavy (non-hydrogen) atoms. The van der Waals surface area contributed by atoms with Crippen LogP contribution in [0.5, 0.6) is 11.5 Å². The third-order valence-electron chi connectivity index (χ3n) is 6.78. The first-order valence-electron chi connectivity index (χ1n) is 12.6. The third-order valence-corrected chi connectivity index (χ3v) is 6.78. The van der Waals surface area contributed by atoms with Crippen molar-refractivity contribution in [2.24, 2.45) is 5.92 Å². The molecule has 0 aliphatic carbocycles. The molecule has 2 aromatic rings. The van der Waals surface area contributed by atoms with E-state index in [1.165, 1.54) is 19.1 Å². The van der Waals surface area contributed by atoms with Gasteiger partial charge in [-0.1, -0.05) is 44.2 Å². The normalized spacial score (nSPS) is 18.0. The molecule has 0 bridgehead atoms. The predicted octanol–water partition coefficient (Wildman–Crippen LogP) is 2.79. The van der Waals surface area contributed by atoms with Crippen LogP contribution in [0.3, 0.4) is 0 Å². The molecule has 2 heterocycles. The van der Waals surface area contributed by atoms with E-state index in [1.807, 2.05) is 44.2 Å². The minimum Gasteiger partial charge on any atom is -0.497 e. The highest BCUT2D eigenvalue weighted by Gasteiger charge is 2.49. The average molecular weight is 510 g/mol. The van der Waals surface area contributed by atoms with Crippen LogP contribution in [0.4, 0.5) is 0 Å². The van der Waals surface area contributed by atoms with Crippen molar-refractivity contribution >= 4 is 17.7 Å². The molecule has 9 nitrogen and oxygen atoms in total. The predicted molar refractivity (Wildman–Crippen MR) is 137 cm³/mol. The molecule has 2 aliphatic rings. The van der Waals surface area contributed by atoms with Crippen LogP contribution in [0.1, 0.15) is 47.8 Å². The number of hydrogen-bond donors (Lipinski definition) is 1. The lowest BCUT2D eigenvalue weighted by molar-refractivity contribution is -0.142. The summed E-state index contributed by atoms with van der Waals surface area (Å²) in [5.74, 6) is -0.0236.